The standard InChI is InChI=1S/C18H19N3O2.Li/c1-10-13(9-19)15(21-16(20)14(10)17(22)23)11-5-7-12(8-6-11)18(2,3)4;/h5-8H,1-4H3,(H2,20,21)(H,22,23);/q;+1/p-1. The van der Waals surface area contributed by atoms with Gasteiger partial charge in [-0.25, -0.2) is 4.98 Å². The molecule has 0 radical (unpaired) electrons. The van der Waals surface area contributed by atoms with Gasteiger partial charge in [-0.3, -0.25) is 0 Å². The summed E-state index contributed by atoms with van der Waals surface area (Å²) in [5.74, 6) is -1.57. The molecule has 1 aromatic heterocycles. The third kappa shape index (κ3) is 3.62. The molecular weight excluding hydrogens is 297 g/mol. The molecule has 6 heteroatoms. The van der Waals surface area contributed by atoms with E-state index in [2.05, 4.69) is 25.8 Å². The number of nitrogens with two attached hydrogens (primary N) is 1. The fourth-order valence-electron chi connectivity index (χ4n) is 2.46. The van der Waals surface area contributed by atoms with E-state index in [-0.39, 0.29) is 46.8 Å². The Morgan fingerprint density at radius 3 is 2.21 bits per heavy atom. The van der Waals surface area contributed by atoms with E-state index >= 15 is 0 Å². The first kappa shape index (κ1) is 19.8. The summed E-state index contributed by atoms with van der Waals surface area (Å²) in [6.45, 7) is 7.86. The summed E-state index contributed by atoms with van der Waals surface area (Å²) >= 11 is 0. The van der Waals surface area contributed by atoms with Crippen molar-refractivity contribution in [3.63, 3.8) is 0 Å². The number of nitriles is 1. The number of aromatic carboxylic acids is 1. The van der Waals surface area contributed by atoms with Crippen LogP contribution in [0, 0.1) is 18.3 Å². The van der Waals surface area contributed by atoms with Crippen LogP contribution in [0.5, 0.6) is 0 Å². The van der Waals surface area contributed by atoms with Gasteiger partial charge in [0.15, 0.2) is 0 Å². The molecule has 0 unspecified atom stereocenters. The Kier molecular flexibility index (Phi) is 5.84. The second kappa shape index (κ2) is 7.09. The van der Waals surface area contributed by atoms with Crippen LogP contribution in [-0.2, 0) is 5.41 Å². The van der Waals surface area contributed by atoms with Gasteiger partial charge in [0.1, 0.15) is 11.9 Å². The minimum absolute atomic E-state index is 0. The van der Waals surface area contributed by atoms with Crippen molar-refractivity contribution in [2.75, 3.05) is 5.73 Å². The molecule has 0 aliphatic rings. The van der Waals surface area contributed by atoms with Crippen molar-refractivity contribution in [3.05, 3.63) is 46.5 Å². The second-order valence-corrected chi connectivity index (χ2v) is 6.45. The molecule has 0 saturated heterocycles. The van der Waals surface area contributed by atoms with Crippen molar-refractivity contribution >= 4 is 11.8 Å². The number of hydrogen-bond acceptors (Lipinski definition) is 5. The molecule has 0 atom stereocenters. The van der Waals surface area contributed by atoms with E-state index in [1.807, 2.05) is 30.3 Å². The van der Waals surface area contributed by atoms with Crippen LogP contribution in [0.4, 0.5) is 5.82 Å². The Bertz CT molecular complexity index is 816. The summed E-state index contributed by atoms with van der Waals surface area (Å²) in [5, 5.41) is 20.6. The monoisotopic (exact) mass is 315 g/mol. The number of anilines is 1. The molecule has 0 saturated carbocycles. The van der Waals surface area contributed by atoms with Crippen LogP contribution in [-0.4, -0.2) is 11.0 Å². The van der Waals surface area contributed by atoms with Gasteiger partial charge >= 0.3 is 18.9 Å². The van der Waals surface area contributed by atoms with Gasteiger partial charge in [0.25, 0.3) is 0 Å². The Balaban J connectivity index is 0.00000288. The topological polar surface area (TPSA) is 103 Å². The van der Waals surface area contributed by atoms with E-state index in [0.717, 1.165) is 5.56 Å². The third-order valence-electron chi connectivity index (χ3n) is 3.82. The summed E-state index contributed by atoms with van der Waals surface area (Å²) in [7, 11) is 0. The smallest absolute Gasteiger partial charge is 0.545 e. The third-order valence-corrected chi connectivity index (χ3v) is 3.82. The molecule has 1 heterocycles. The van der Waals surface area contributed by atoms with E-state index < -0.39 is 5.97 Å². The first-order valence-electron chi connectivity index (χ1n) is 7.19. The largest absolute Gasteiger partial charge is 1.00 e. The molecular formula is C18H18LiN3O2. The van der Waals surface area contributed by atoms with Crippen molar-refractivity contribution in [1.82, 2.24) is 4.98 Å². The molecule has 2 aromatic rings. The van der Waals surface area contributed by atoms with E-state index in [1.165, 1.54) is 6.92 Å². The number of aromatic nitrogens is 1. The number of benzene rings is 1. The van der Waals surface area contributed by atoms with Crippen LogP contribution >= 0.6 is 0 Å². The maximum absolute atomic E-state index is 11.2. The van der Waals surface area contributed by atoms with Gasteiger partial charge in [0.05, 0.1) is 17.2 Å². The molecule has 5 nitrogen and oxygen atoms in total. The van der Waals surface area contributed by atoms with E-state index in [0.29, 0.717) is 11.3 Å². The minimum atomic E-state index is -1.43. The molecule has 118 valence electrons. The van der Waals surface area contributed by atoms with Gasteiger partial charge in [0.2, 0.25) is 0 Å². The second-order valence-electron chi connectivity index (χ2n) is 6.45. The molecule has 24 heavy (non-hydrogen) atoms. The minimum Gasteiger partial charge on any atom is -0.545 e. The SMILES string of the molecule is Cc1c(C#N)c(-c2ccc(C(C)(C)C)cc2)nc(N)c1C(=O)[O-].[Li+]. The molecule has 0 spiro atoms. The fourth-order valence-corrected chi connectivity index (χ4v) is 2.46. The zero-order valence-electron chi connectivity index (χ0n) is 14.6. The van der Waals surface area contributed by atoms with Crippen molar-refractivity contribution in [3.8, 4) is 17.3 Å². The van der Waals surface area contributed by atoms with E-state index in [4.69, 9.17) is 5.73 Å². The van der Waals surface area contributed by atoms with Crippen LogP contribution in [0.2, 0.25) is 0 Å². The Hall–Kier alpha value is -2.27. The normalized spacial score (nSPS) is 10.6. The van der Waals surface area contributed by atoms with Crippen molar-refractivity contribution in [1.29, 1.82) is 5.26 Å². The van der Waals surface area contributed by atoms with Crippen LogP contribution < -0.4 is 29.7 Å². The number of rotatable bonds is 2. The van der Waals surface area contributed by atoms with E-state index in [9.17, 15) is 15.2 Å². The van der Waals surface area contributed by atoms with Crippen LogP contribution in [0.15, 0.2) is 24.3 Å². The quantitative estimate of drug-likeness (QED) is 0.729. The fraction of sp³-hybridized carbons (Fsp3) is 0.278. The molecule has 2 rings (SSSR count). The zero-order valence-corrected chi connectivity index (χ0v) is 14.6. The summed E-state index contributed by atoms with van der Waals surface area (Å²) in [6.07, 6.45) is 0. The number of carbonyl (C=O) groups is 1. The molecule has 1 aromatic carbocycles. The number of carboxylic acid groups (broad SMARTS) is 1. The maximum atomic E-state index is 11.2. The molecule has 0 amide bonds. The average Bonchev–Trinajstić information content (AvgIpc) is 2.45. The number of nitrogens with zero attached hydrogens (tertiary/aromatic N) is 2. The molecule has 0 bridgehead atoms. The number of pyridine rings is 1. The van der Waals surface area contributed by atoms with Gasteiger partial charge < -0.3 is 15.6 Å². The number of hydrogen-bond donors (Lipinski definition) is 1. The van der Waals surface area contributed by atoms with Crippen molar-refractivity contribution in [2.45, 2.75) is 33.1 Å². The summed E-state index contributed by atoms with van der Waals surface area (Å²) in [5.41, 5.74) is 8.25. The van der Waals surface area contributed by atoms with E-state index in [1.54, 1.807) is 0 Å². The Labute approximate surface area is 153 Å². The summed E-state index contributed by atoms with van der Waals surface area (Å²) in [4.78, 5) is 15.3. The van der Waals surface area contributed by atoms with Crippen molar-refractivity contribution < 1.29 is 28.8 Å². The molecule has 0 fully saturated rings. The number of carboxylic acids is 1. The van der Waals surface area contributed by atoms with Gasteiger partial charge in [-0.2, -0.15) is 5.26 Å². The van der Waals surface area contributed by atoms with Gasteiger partial charge in [-0.05, 0) is 23.5 Å². The summed E-state index contributed by atoms with van der Waals surface area (Å²) in [6, 6.07) is 9.68. The first-order valence-corrected chi connectivity index (χ1v) is 7.19. The van der Waals surface area contributed by atoms with Gasteiger partial charge in [-0.1, -0.05) is 45.0 Å². The first-order chi connectivity index (χ1) is 10.7. The number of nitrogen functional groups attached to an aromatic ring is 1. The summed E-state index contributed by atoms with van der Waals surface area (Å²) < 4.78 is 0. The predicted molar refractivity (Wildman–Crippen MR) is 86.6 cm³/mol. The van der Waals surface area contributed by atoms with Crippen LogP contribution in [0.25, 0.3) is 11.3 Å². The number of carbonyl (C=O) groups excluding carboxylic acids is 1. The van der Waals surface area contributed by atoms with Gasteiger partial charge in [0, 0.05) is 11.1 Å². The van der Waals surface area contributed by atoms with Gasteiger partial charge in [-0.15, -0.1) is 0 Å². The average molecular weight is 315 g/mol. The molecule has 0 aliphatic heterocycles. The van der Waals surface area contributed by atoms with Crippen molar-refractivity contribution in [2.24, 2.45) is 0 Å². The van der Waals surface area contributed by atoms with Crippen LogP contribution in [0.1, 0.15) is 47.8 Å². The maximum Gasteiger partial charge on any atom is 1.00 e. The Morgan fingerprint density at radius 1 is 1.25 bits per heavy atom. The predicted octanol–water partition coefficient (Wildman–Crippen LogP) is -0.824. The Morgan fingerprint density at radius 2 is 1.79 bits per heavy atom. The van der Waals surface area contributed by atoms with Crippen LogP contribution in [0.3, 0.4) is 0 Å². The molecule has 2 N–H and O–H groups in total. The molecule has 0 aliphatic carbocycles. The zero-order chi connectivity index (χ0) is 17.4.